The summed E-state index contributed by atoms with van der Waals surface area (Å²) in [6, 6.07) is 35.9. The first-order chi connectivity index (χ1) is 46.0. The largest absolute Gasteiger partial charge is 0.480 e. The molecule has 24 heteroatoms. The van der Waals surface area contributed by atoms with Gasteiger partial charge < -0.3 is 62.0 Å². The van der Waals surface area contributed by atoms with Gasteiger partial charge in [0.15, 0.2) is 17.3 Å². The third-order valence-corrected chi connectivity index (χ3v) is 13.2. The van der Waals surface area contributed by atoms with Gasteiger partial charge in [0.25, 0.3) is 0 Å². The minimum atomic E-state index is -1.09. The maximum atomic E-state index is 12.2. The summed E-state index contributed by atoms with van der Waals surface area (Å²) in [6.07, 6.45) is 4.01. The van der Waals surface area contributed by atoms with Crippen LogP contribution in [-0.4, -0.2) is 141 Å². The van der Waals surface area contributed by atoms with E-state index in [1.165, 1.54) is 33.3 Å². The van der Waals surface area contributed by atoms with Crippen LogP contribution in [0.2, 0.25) is 0 Å². The number of aliphatic hydroxyl groups excluding tert-OH is 1. The number of nitrogens with one attached hydrogen (secondary N) is 4. The minimum absolute atomic E-state index is 0.00206. The Kier molecular flexibility index (Phi) is 49.4. The van der Waals surface area contributed by atoms with E-state index in [-0.39, 0.29) is 65.5 Å². The van der Waals surface area contributed by atoms with Crippen LogP contribution in [0, 0.1) is 11.8 Å². The number of carbonyl (C=O) groups is 13. The van der Waals surface area contributed by atoms with Crippen LogP contribution in [0.4, 0.5) is 4.79 Å². The maximum Gasteiger partial charge on any atom is 0.408 e. The van der Waals surface area contributed by atoms with Crippen LogP contribution in [0.5, 0.6) is 0 Å². The van der Waals surface area contributed by atoms with E-state index in [1.54, 1.807) is 90.0 Å². The van der Waals surface area contributed by atoms with Crippen LogP contribution in [0.25, 0.3) is 0 Å². The number of Topliss-reactive ketones (excluding diaryl/α,β-unsaturated/α-hetero) is 5. The van der Waals surface area contributed by atoms with E-state index < -0.39 is 83.2 Å². The standard InChI is InChI=1S/C20H29NO4.C17H23NO3.C14H20N2O2.C11H15NO.C8H15NO4.C4H6O3.CH4O/c1-14(13-18(23)25-20(3,4)5)19(24)21-15(2)17(22)12-11-16-9-7-6-8-10-16;1-12(11-13(2)19)17(21)18-14(3)16(20)10-9-15-7-5-4-6-8-15;1-10(15)14(18)16-11(2)13(17)9-8-12-6-4-3-5-7-12;1-9(12)11(13)8-7-10-5-3-2-4-6-10;1-5(6(10)11)9-7(12)13-8(2,3)4;1-3(5)7-4(2)6;1-2/h6-10,14-15H,11-13H2,1-5H3,(H,21,24);4-8,12,14H,9-11H2,1-3H3,(H,18,21);3-7,10-11H,8-9,15H2,1-2H3,(H,16,18);2-6,9H,7-8,12H2,1H3;5H,1-4H3,(H,9,12)(H,10,11);1-2H3;2H,1H3/t14-,15+;12-,14+;10-,11-;9-;5-;;/m11000../s1. The summed E-state index contributed by atoms with van der Waals surface area (Å²) in [5.41, 5.74) is 14.2. The SMILES string of the molecule is CC(=O)C[C@@H](C)C(=O)N[C@@H](C)C(=O)CCc1ccccc1.CC(=O)OC(C)=O.CO.C[C@H](CC(=O)OC(C)(C)C)C(=O)N[C@@H](C)C(=O)CCc1ccccc1.C[C@H](N)C(=O)CCc1ccccc1.C[C@H](N)C(=O)N[C@@H](C)C(=O)CCc1ccccc1.C[C@H](NC(=O)OC(C)(C)C)C(=O)O. The van der Waals surface area contributed by atoms with Crippen molar-refractivity contribution >= 4 is 76.6 Å². The highest BCUT2D eigenvalue weighted by atomic mass is 16.6. The molecule has 4 aromatic carbocycles. The molecule has 0 aliphatic carbocycles. The van der Waals surface area contributed by atoms with Crippen molar-refractivity contribution in [3.8, 4) is 0 Å². The van der Waals surface area contributed by atoms with E-state index in [4.69, 9.17) is 31.2 Å². The molecule has 550 valence electrons. The number of alkyl carbamates (subject to hydrolysis) is 1. The summed E-state index contributed by atoms with van der Waals surface area (Å²) in [4.78, 5) is 146. The molecule has 0 fully saturated rings. The van der Waals surface area contributed by atoms with Crippen LogP contribution >= 0.6 is 0 Å². The van der Waals surface area contributed by atoms with Crippen molar-refractivity contribution in [3.05, 3.63) is 144 Å². The first-order valence-corrected chi connectivity index (χ1v) is 32.8. The smallest absolute Gasteiger partial charge is 0.408 e. The lowest BCUT2D eigenvalue weighted by molar-refractivity contribution is -0.158. The Morgan fingerprint density at radius 1 is 0.394 bits per heavy atom. The monoisotopic (exact) mass is 1380 g/mol. The number of carboxylic acids is 1. The number of benzene rings is 4. The van der Waals surface area contributed by atoms with E-state index in [9.17, 15) is 62.3 Å². The quantitative estimate of drug-likeness (QED) is 0.0150. The number of rotatable bonds is 28. The van der Waals surface area contributed by atoms with E-state index in [1.807, 2.05) is 121 Å². The molecule has 0 bridgehead atoms. The van der Waals surface area contributed by atoms with Crippen molar-refractivity contribution < 1.29 is 86.8 Å². The second-order valence-corrected chi connectivity index (χ2v) is 25.4. The molecule has 0 aliphatic rings. The van der Waals surface area contributed by atoms with Gasteiger partial charge in [-0.3, -0.25) is 52.7 Å². The highest BCUT2D eigenvalue weighted by molar-refractivity contribution is 5.93. The molecule has 8 atom stereocenters. The molecule has 0 saturated heterocycles. The summed E-state index contributed by atoms with van der Waals surface area (Å²) in [6.45, 7) is 27.4. The third kappa shape index (κ3) is 52.6. The lowest BCUT2D eigenvalue weighted by Crippen LogP contribution is -2.45. The third-order valence-electron chi connectivity index (χ3n) is 13.2. The number of nitrogens with two attached hydrogens (primary N) is 2. The van der Waals surface area contributed by atoms with Crippen LogP contribution < -0.4 is 32.7 Å². The molecule has 0 heterocycles. The highest BCUT2D eigenvalue weighted by Gasteiger charge is 2.26. The molecule has 0 spiro atoms. The normalized spacial score (nSPS) is 12.7. The van der Waals surface area contributed by atoms with Crippen molar-refractivity contribution in [1.82, 2.24) is 21.3 Å². The summed E-state index contributed by atoms with van der Waals surface area (Å²) < 4.78 is 14.0. The van der Waals surface area contributed by atoms with E-state index in [0.717, 1.165) is 30.2 Å². The first kappa shape index (κ1) is 94.1. The van der Waals surface area contributed by atoms with Crippen molar-refractivity contribution in [2.45, 2.75) is 229 Å². The number of aliphatic hydroxyl groups is 1. The topological polar surface area (TPSA) is 390 Å². The molecule has 10 N–H and O–H groups in total. The Labute approximate surface area is 585 Å². The van der Waals surface area contributed by atoms with E-state index in [2.05, 4.69) is 26.0 Å². The van der Waals surface area contributed by atoms with Gasteiger partial charge in [-0.05, 0) is 138 Å². The second kappa shape index (κ2) is 52.0. The summed E-state index contributed by atoms with van der Waals surface area (Å²) in [5.74, 6) is -4.33. The first-order valence-electron chi connectivity index (χ1n) is 32.8. The zero-order valence-corrected chi connectivity index (χ0v) is 61.3. The van der Waals surface area contributed by atoms with E-state index in [0.29, 0.717) is 44.9 Å². The zero-order valence-electron chi connectivity index (χ0n) is 61.3. The molecule has 0 unspecified atom stereocenters. The van der Waals surface area contributed by atoms with Crippen molar-refractivity contribution in [1.29, 1.82) is 0 Å². The minimum Gasteiger partial charge on any atom is -0.480 e. The number of hydrogen-bond donors (Lipinski definition) is 8. The van der Waals surface area contributed by atoms with Gasteiger partial charge in [0, 0.05) is 64.9 Å². The van der Waals surface area contributed by atoms with Crippen molar-refractivity contribution in [2.75, 3.05) is 7.11 Å². The number of carboxylic acid groups (broad SMARTS) is 1. The molecule has 0 aliphatic heterocycles. The van der Waals surface area contributed by atoms with Crippen molar-refractivity contribution in [3.63, 3.8) is 0 Å². The highest BCUT2D eigenvalue weighted by Crippen LogP contribution is 2.14. The van der Waals surface area contributed by atoms with Gasteiger partial charge >= 0.3 is 30.0 Å². The van der Waals surface area contributed by atoms with Gasteiger partial charge in [-0.1, -0.05) is 135 Å². The summed E-state index contributed by atoms with van der Waals surface area (Å²) in [7, 11) is 1.00. The Hall–Kier alpha value is -9.13. The van der Waals surface area contributed by atoms with Crippen LogP contribution in [0.3, 0.4) is 0 Å². The maximum absolute atomic E-state index is 12.2. The lowest BCUT2D eigenvalue weighted by Gasteiger charge is -2.21. The van der Waals surface area contributed by atoms with E-state index >= 15 is 0 Å². The molecular formula is C75H112N6O18. The van der Waals surface area contributed by atoms with Gasteiger partial charge in [-0.2, -0.15) is 0 Å². The van der Waals surface area contributed by atoms with Crippen LogP contribution in [-0.2, 0) is 97.4 Å². The van der Waals surface area contributed by atoms with Crippen molar-refractivity contribution in [2.24, 2.45) is 23.3 Å². The number of aliphatic carboxylic acids is 1. The number of ether oxygens (including phenoxy) is 3. The number of amides is 4. The van der Waals surface area contributed by atoms with Crippen LogP contribution in [0.1, 0.15) is 178 Å². The van der Waals surface area contributed by atoms with Gasteiger partial charge in [0.2, 0.25) is 17.7 Å². The fourth-order valence-corrected chi connectivity index (χ4v) is 7.82. The zero-order chi connectivity index (χ0) is 76.6. The van der Waals surface area contributed by atoms with Gasteiger partial charge in [0.05, 0.1) is 36.6 Å². The predicted molar refractivity (Wildman–Crippen MR) is 380 cm³/mol. The average molecular weight is 1390 g/mol. The molecule has 0 radical (unpaired) electrons. The molecule has 4 amide bonds. The van der Waals surface area contributed by atoms with Gasteiger partial charge in [0.1, 0.15) is 28.8 Å². The fraction of sp³-hybridized carbons (Fsp3) is 0.507. The Morgan fingerprint density at radius 3 is 0.919 bits per heavy atom. The molecule has 4 aromatic rings. The molecule has 4 rings (SSSR count). The molecule has 99 heavy (non-hydrogen) atoms. The lowest BCUT2D eigenvalue weighted by atomic mass is 10.0. The number of esters is 3. The van der Waals surface area contributed by atoms with Crippen LogP contribution in [0.15, 0.2) is 121 Å². The Bertz CT molecular complexity index is 3060. The van der Waals surface area contributed by atoms with Gasteiger partial charge in [-0.15, -0.1) is 0 Å². The summed E-state index contributed by atoms with van der Waals surface area (Å²) >= 11 is 0. The predicted octanol–water partition coefficient (Wildman–Crippen LogP) is 8.63. The fourth-order valence-electron chi connectivity index (χ4n) is 7.82. The number of ketones is 5. The summed E-state index contributed by atoms with van der Waals surface area (Å²) in [5, 5.41) is 25.6. The molecular weight excluding hydrogens is 1270 g/mol. The average Bonchev–Trinajstić information content (AvgIpc) is 0.963. The Morgan fingerprint density at radius 2 is 0.677 bits per heavy atom. The Balaban J connectivity index is -0.00000115. The second-order valence-electron chi connectivity index (χ2n) is 25.4. The molecule has 0 saturated carbocycles. The number of hydrogen-bond acceptors (Lipinski definition) is 19. The van der Waals surface area contributed by atoms with Gasteiger partial charge in [-0.25, -0.2) is 4.79 Å². The molecule has 24 nitrogen and oxygen atoms in total. The number of aryl methyl sites for hydroxylation is 4. The molecule has 0 aromatic heterocycles. The number of carbonyl (C=O) groups excluding carboxylic acids is 12.